The molecule has 0 aliphatic heterocycles. The van der Waals surface area contributed by atoms with Crippen LogP contribution in [-0.4, -0.2) is 21.9 Å². The number of carbonyl (C=O) groups is 1. The SMILES string of the molecule is CC(C)Cn1c(N)c(C(=O)COc2ccc(F)cc2Cl)c(=O)[nH]c1=O. The first kappa shape index (κ1) is 18.7. The minimum atomic E-state index is -0.888. The molecule has 0 saturated heterocycles. The van der Waals surface area contributed by atoms with Crippen LogP contribution in [0.25, 0.3) is 0 Å². The Bertz CT molecular complexity index is 921. The minimum Gasteiger partial charge on any atom is -0.484 e. The lowest BCUT2D eigenvalue weighted by atomic mass is 10.2. The number of nitrogens with zero attached hydrogens (tertiary/aromatic N) is 1. The Hall–Kier alpha value is -2.61. The van der Waals surface area contributed by atoms with Gasteiger partial charge in [-0.3, -0.25) is 19.1 Å². The number of ether oxygens (including phenoxy) is 1. The van der Waals surface area contributed by atoms with E-state index >= 15 is 0 Å². The molecular weight excluding hydrogens is 353 g/mol. The van der Waals surface area contributed by atoms with Crippen molar-refractivity contribution in [2.45, 2.75) is 20.4 Å². The summed E-state index contributed by atoms with van der Waals surface area (Å²) in [5.74, 6) is -1.34. The zero-order chi connectivity index (χ0) is 18.7. The summed E-state index contributed by atoms with van der Waals surface area (Å²) < 4.78 is 19.4. The summed E-state index contributed by atoms with van der Waals surface area (Å²) in [7, 11) is 0. The Balaban J connectivity index is 2.30. The molecule has 1 aromatic heterocycles. The molecule has 2 aromatic rings. The van der Waals surface area contributed by atoms with E-state index in [0.717, 1.165) is 16.7 Å². The Kier molecular flexibility index (Phi) is 5.63. The van der Waals surface area contributed by atoms with Crippen LogP contribution in [0.15, 0.2) is 27.8 Å². The Morgan fingerprint density at radius 1 is 1.40 bits per heavy atom. The molecule has 134 valence electrons. The largest absolute Gasteiger partial charge is 0.484 e. The lowest BCUT2D eigenvalue weighted by Gasteiger charge is -2.14. The summed E-state index contributed by atoms with van der Waals surface area (Å²) in [5, 5.41) is -0.0144. The van der Waals surface area contributed by atoms with Crippen molar-refractivity contribution in [1.29, 1.82) is 0 Å². The monoisotopic (exact) mass is 369 g/mol. The van der Waals surface area contributed by atoms with E-state index in [2.05, 4.69) is 4.98 Å². The van der Waals surface area contributed by atoms with Crippen LogP contribution in [0.3, 0.4) is 0 Å². The average Bonchev–Trinajstić information content (AvgIpc) is 2.50. The number of hydrogen-bond donors (Lipinski definition) is 2. The first-order valence-corrected chi connectivity index (χ1v) is 7.82. The Morgan fingerprint density at radius 3 is 2.68 bits per heavy atom. The van der Waals surface area contributed by atoms with Gasteiger partial charge in [-0.25, -0.2) is 9.18 Å². The van der Waals surface area contributed by atoms with E-state index in [0.29, 0.717) is 0 Å². The number of anilines is 1. The Labute approximate surface area is 147 Å². The molecule has 0 bridgehead atoms. The van der Waals surface area contributed by atoms with Gasteiger partial charge in [0.05, 0.1) is 5.02 Å². The van der Waals surface area contributed by atoms with Crippen LogP contribution < -0.4 is 21.7 Å². The maximum Gasteiger partial charge on any atom is 0.329 e. The number of hydrogen-bond acceptors (Lipinski definition) is 5. The van der Waals surface area contributed by atoms with Crippen molar-refractivity contribution in [3.63, 3.8) is 0 Å². The number of benzene rings is 1. The van der Waals surface area contributed by atoms with Gasteiger partial charge in [-0.1, -0.05) is 25.4 Å². The van der Waals surface area contributed by atoms with Crippen molar-refractivity contribution in [2.24, 2.45) is 5.92 Å². The van der Waals surface area contributed by atoms with Crippen molar-refractivity contribution in [3.05, 3.63) is 55.4 Å². The van der Waals surface area contributed by atoms with E-state index in [-0.39, 0.29) is 34.6 Å². The molecule has 0 atom stereocenters. The molecule has 3 N–H and O–H groups in total. The molecule has 0 aliphatic carbocycles. The number of carbonyl (C=O) groups excluding carboxylic acids is 1. The van der Waals surface area contributed by atoms with Gasteiger partial charge in [-0.15, -0.1) is 0 Å². The van der Waals surface area contributed by atoms with Crippen LogP contribution in [0, 0.1) is 11.7 Å². The molecule has 1 heterocycles. The zero-order valence-corrected chi connectivity index (χ0v) is 14.4. The summed E-state index contributed by atoms with van der Waals surface area (Å²) in [4.78, 5) is 38.2. The van der Waals surface area contributed by atoms with Gasteiger partial charge < -0.3 is 10.5 Å². The summed E-state index contributed by atoms with van der Waals surface area (Å²) in [6.07, 6.45) is 0. The number of Topliss-reactive ketones (excluding diaryl/α,β-unsaturated/α-hetero) is 1. The van der Waals surface area contributed by atoms with Crippen LogP contribution >= 0.6 is 11.6 Å². The lowest BCUT2D eigenvalue weighted by molar-refractivity contribution is 0.0920. The summed E-state index contributed by atoms with van der Waals surface area (Å²) >= 11 is 5.81. The quantitative estimate of drug-likeness (QED) is 0.755. The topological polar surface area (TPSA) is 107 Å². The van der Waals surface area contributed by atoms with E-state index in [9.17, 15) is 18.8 Å². The van der Waals surface area contributed by atoms with Crippen molar-refractivity contribution in [3.8, 4) is 5.75 Å². The Morgan fingerprint density at radius 2 is 2.08 bits per heavy atom. The third kappa shape index (κ3) is 4.27. The fourth-order valence-electron chi connectivity index (χ4n) is 2.21. The number of ketones is 1. The van der Waals surface area contributed by atoms with E-state index < -0.39 is 29.5 Å². The summed E-state index contributed by atoms with van der Waals surface area (Å²) in [5.41, 5.74) is 3.91. The van der Waals surface area contributed by atoms with Crippen molar-refractivity contribution >= 4 is 23.2 Å². The molecule has 25 heavy (non-hydrogen) atoms. The molecule has 1 aromatic carbocycles. The van der Waals surface area contributed by atoms with Crippen LogP contribution in [0.5, 0.6) is 5.75 Å². The number of nitrogen functional groups attached to an aromatic ring is 1. The highest BCUT2D eigenvalue weighted by Crippen LogP contribution is 2.25. The number of nitrogens with one attached hydrogen (secondary N) is 1. The molecule has 0 spiro atoms. The van der Waals surface area contributed by atoms with Gasteiger partial charge in [-0.05, 0) is 24.1 Å². The number of nitrogens with two attached hydrogens (primary N) is 1. The molecule has 0 radical (unpaired) electrons. The standard InChI is InChI=1S/C16H17ClFN3O4/c1-8(2)6-21-14(19)13(15(23)20-16(21)24)11(22)7-25-12-4-3-9(18)5-10(12)17/h3-5,8H,6-7,19H2,1-2H3,(H,20,23,24). The minimum absolute atomic E-state index is 0.0144. The molecule has 2 rings (SSSR count). The maximum atomic E-state index is 13.0. The van der Waals surface area contributed by atoms with Crippen LogP contribution in [0.2, 0.25) is 5.02 Å². The number of rotatable bonds is 6. The third-order valence-electron chi connectivity index (χ3n) is 3.32. The molecule has 0 unspecified atom stereocenters. The van der Waals surface area contributed by atoms with Crippen LogP contribution in [-0.2, 0) is 6.54 Å². The first-order chi connectivity index (χ1) is 11.7. The van der Waals surface area contributed by atoms with Crippen molar-refractivity contribution in [2.75, 3.05) is 12.3 Å². The van der Waals surface area contributed by atoms with E-state index in [1.54, 1.807) is 0 Å². The van der Waals surface area contributed by atoms with Crippen LogP contribution in [0.4, 0.5) is 10.2 Å². The molecular formula is C16H17ClFN3O4. The zero-order valence-electron chi connectivity index (χ0n) is 13.6. The molecule has 7 nitrogen and oxygen atoms in total. The second-order valence-corrected chi connectivity index (χ2v) is 6.22. The van der Waals surface area contributed by atoms with Gasteiger partial charge in [0.2, 0.25) is 5.78 Å². The molecule has 9 heteroatoms. The number of H-pyrrole nitrogens is 1. The predicted octanol–water partition coefficient (Wildman–Crippen LogP) is 1.83. The summed E-state index contributed by atoms with van der Waals surface area (Å²) in [6.45, 7) is 3.42. The summed E-state index contributed by atoms with van der Waals surface area (Å²) in [6, 6.07) is 3.42. The highest BCUT2D eigenvalue weighted by molar-refractivity contribution is 6.32. The number of aromatic amines is 1. The highest BCUT2D eigenvalue weighted by atomic mass is 35.5. The lowest BCUT2D eigenvalue weighted by Crippen LogP contribution is -2.38. The third-order valence-corrected chi connectivity index (χ3v) is 3.61. The molecule has 0 saturated carbocycles. The van der Waals surface area contributed by atoms with Crippen molar-refractivity contribution < 1.29 is 13.9 Å². The molecule has 0 aliphatic rings. The second-order valence-electron chi connectivity index (χ2n) is 5.81. The van der Waals surface area contributed by atoms with E-state index in [1.807, 2.05) is 13.8 Å². The number of aromatic nitrogens is 2. The van der Waals surface area contributed by atoms with Crippen LogP contribution in [0.1, 0.15) is 24.2 Å². The molecule has 0 amide bonds. The second kappa shape index (κ2) is 7.52. The van der Waals surface area contributed by atoms with Gasteiger partial charge in [0.1, 0.15) is 22.9 Å². The molecule has 0 fully saturated rings. The maximum absolute atomic E-state index is 13.0. The predicted molar refractivity (Wildman–Crippen MR) is 91.8 cm³/mol. The van der Waals surface area contributed by atoms with E-state index in [4.69, 9.17) is 22.1 Å². The van der Waals surface area contributed by atoms with Gasteiger partial charge in [0, 0.05) is 6.54 Å². The first-order valence-electron chi connectivity index (χ1n) is 7.44. The van der Waals surface area contributed by atoms with Gasteiger partial charge in [-0.2, -0.15) is 0 Å². The van der Waals surface area contributed by atoms with Crippen molar-refractivity contribution in [1.82, 2.24) is 9.55 Å². The van der Waals surface area contributed by atoms with E-state index in [1.165, 1.54) is 6.07 Å². The highest BCUT2D eigenvalue weighted by Gasteiger charge is 2.20. The fourth-order valence-corrected chi connectivity index (χ4v) is 2.43. The number of halogens is 2. The fraction of sp³-hybridized carbons (Fsp3) is 0.312. The van der Waals surface area contributed by atoms with Gasteiger partial charge >= 0.3 is 5.69 Å². The van der Waals surface area contributed by atoms with Gasteiger partial charge in [0.25, 0.3) is 5.56 Å². The average molecular weight is 370 g/mol. The van der Waals surface area contributed by atoms with Gasteiger partial charge in [0.15, 0.2) is 6.61 Å². The normalized spacial score (nSPS) is 10.9. The smallest absolute Gasteiger partial charge is 0.329 e.